The van der Waals surface area contributed by atoms with Crippen LogP contribution in [0.2, 0.25) is 0 Å². The lowest BCUT2D eigenvalue weighted by Gasteiger charge is -2.35. The molecular weight excluding hydrogens is 384 g/mol. The van der Waals surface area contributed by atoms with E-state index in [0.29, 0.717) is 16.2 Å². The summed E-state index contributed by atoms with van der Waals surface area (Å²) in [6.45, 7) is 10.6. The van der Waals surface area contributed by atoms with Gasteiger partial charge < -0.3 is 9.47 Å². The van der Waals surface area contributed by atoms with Crippen LogP contribution in [0.4, 0.5) is 0 Å². The minimum atomic E-state index is -0.550. The highest BCUT2D eigenvalue weighted by Gasteiger charge is 2.30. The van der Waals surface area contributed by atoms with Gasteiger partial charge in [0.05, 0.1) is 5.60 Å². The fraction of sp³-hybridized carbons (Fsp3) is 0.579. The molecular formula is C19H25BrN2O3. The van der Waals surface area contributed by atoms with Gasteiger partial charge in [0.25, 0.3) is 0 Å². The number of carbonyl (C=O) groups is 1. The Morgan fingerprint density at radius 1 is 1.44 bits per heavy atom. The lowest BCUT2D eigenvalue weighted by Crippen LogP contribution is -2.33. The van der Waals surface area contributed by atoms with E-state index in [2.05, 4.69) is 46.9 Å². The summed E-state index contributed by atoms with van der Waals surface area (Å²) in [6, 6.07) is 4.16. The Balaban J connectivity index is 1.92. The van der Waals surface area contributed by atoms with E-state index in [1.165, 1.54) is 5.56 Å². The maximum Gasteiger partial charge on any atom is 0.360 e. The van der Waals surface area contributed by atoms with Crippen molar-refractivity contribution in [1.82, 2.24) is 9.38 Å². The average Bonchev–Trinajstić information content (AvgIpc) is 2.81. The van der Waals surface area contributed by atoms with Gasteiger partial charge in [-0.1, -0.05) is 0 Å². The van der Waals surface area contributed by atoms with E-state index < -0.39 is 11.6 Å². The predicted molar refractivity (Wildman–Crippen MR) is 100 cm³/mol. The lowest BCUT2D eigenvalue weighted by molar-refractivity contribution is -0.0593. The molecule has 0 spiro atoms. The third kappa shape index (κ3) is 4.06. The van der Waals surface area contributed by atoms with E-state index in [0.717, 1.165) is 25.1 Å². The summed E-state index contributed by atoms with van der Waals surface area (Å²) in [6.07, 6.45) is 3.93. The number of fused-ring (bicyclic) bond motifs is 1. The molecule has 2 aromatic rings. The topological polar surface area (TPSA) is 52.8 Å². The van der Waals surface area contributed by atoms with Crippen molar-refractivity contribution in [3.05, 3.63) is 34.2 Å². The summed E-state index contributed by atoms with van der Waals surface area (Å²) < 4.78 is 13.8. The molecule has 2 aromatic heterocycles. The van der Waals surface area contributed by atoms with Gasteiger partial charge in [0.15, 0.2) is 5.69 Å². The molecule has 136 valence electrons. The molecule has 3 rings (SSSR count). The van der Waals surface area contributed by atoms with Gasteiger partial charge >= 0.3 is 5.97 Å². The third-order valence-electron chi connectivity index (χ3n) is 4.35. The number of hydrogen-bond acceptors (Lipinski definition) is 4. The van der Waals surface area contributed by atoms with Gasteiger partial charge in [0.2, 0.25) is 0 Å². The number of aromatic nitrogens is 2. The number of ether oxygens (including phenoxy) is 2. The van der Waals surface area contributed by atoms with E-state index in [9.17, 15) is 4.79 Å². The highest BCUT2D eigenvalue weighted by atomic mass is 79.9. The van der Waals surface area contributed by atoms with Crippen LogP contribution in [-0.2, 0) is 9.47 Å². The van der Waals surface area contributed by atoms with Crippen LogP contribution in [0.15, 0.2) is 22.9 Å². The number of carbonyl (C=O) groups excluding carboxylic acids is 1. The number of pyridine rings is 1. The van der Waals surface area contributed by atoms with Gasteiger partial charge in [-0.25, -0.2) is 9.78 Å². The predicted octanol–water partition coefficient (Wildman–Crippen LogP) is 4.72. The Morgan fingerprint density at radius 3 is 2.80 bits per heavy atom. The van der Waals surface area contributed by atoms with Crippen molar-refractivity contribution < 1.29 is 14.3 Å². The molecule has 1 aliphatic heterocycles. The molecule has 0 bridgehead atoms. The van der Waals surface area contributed by atoms with Crippen molar-refractivity contribution in [1.29, 1.82) is 0 Å². The van der Waals surface area contributed by atoms with Gasteiger partial charge in [0, 0.05) is 12.8 Å². The van der Waals surface area contributed by atoms with Crippen molar-refractivity contribution in [2.45, 2.75) is 64.6 Å². The molecule has 5 nitrogen and oxygen atoms in total. The second kappa shape index (κ2) is 6.40. The molecule has 0 N–H and O–H groups in total. The zero-order valence-corrected chi connectivity index (χ0v) is 17.0. The Hall–Kier alpha value is -1.40. The highest BCUT2D eigenvalue weighted by Crippen LogP contribution is 2.36. The molecule has 0 aliphatic carbocycles. The minimum absolute atomic E-state index is 0.104. The number of nitrogens with zero attached hydrogens (tertiary/aromatic N) is 2. The average molecular weight is 409 g/mol. The monoisotopic (exact) mass is 408 g/mol. The first kappa shape index (κ1) is 18.4. The zero-order chi connectivity index (χ0) is 18.4. The number of imidazole rings is 1. The van der Waals surface area contributed by atoms with Crippen LogP contribution in [-0.4, -0.2) is 33.2 Å². The van der Waals surface area contributed by atoms with Crippen LogP contribution >= 0.6 is 15.9 Å². The fourth-order valence-corrected chi connectivity index (χ4v) is 3.81. The van der Waals surface area contributed by atoms with E-state index >= 15 is 0 Å². The molecule has 1 saturated heterocycles. The standard InChI is InChI=1S/C19H25BrN2O3/c1-18(2,3)25-17(23)15-16(20)22-8-6-12(10-14(22)21-15)13-7-9-24-19(4,5)11-13/h6,8,10,13H,7,9,11H2,1-5H3. The first-order chi connectivity index (χ1) is 11.6. The third-order valence-corrected chi connectivity index (χ3v) is 5.11. The molecule has 1 aliphatic rings. The summed E-state index contributed by atoms with van der Waals surface area (Å²) in [5.74, 6) is 0.0195. The summed E-state index contributed by atoms with van der Waals surface area (Å²) in [5, 5.41) is 0. The summed E-state index contributed by atoms with van der Waals surface area (Å²) >= 11 is 3.48. The summed E-state index contributed by atoms with van der Waals surface area (Å²) in [7, 11) is 0. The SMILES string of the molecule is CC(C)(C)OC(=O)c1nc2cc(C3CCOC(C)(C)C3)ccn2c1Br. The molecule has 0 saturated carbocycles. The van der Waals surface area contributed by atoms with Crippen LogP contribution in [0.5, 0.6) is 0 Å². The quantitative estimate of drug-likeness (QED) is 0.674. The Kier molecular flexibility index (Phi) is 4.71. The second-order valence-corrected chi connectivity index (χ2v) is 8.99. The van der Waals surface area contributed by atoms with Crippen LogP contribution in [0.3, 0.4) is 0 Å². The molecule has 3 heterocycles. The number of rotatable bonds is 2. The van der Waals surface area contributed by atoms with Gasteiger partial charge in [-0.05, 0) is 87.0 Å². The maximum atomic E-state index is 12.4. The maximum absolute atomic E-state index is 12.4. The first-order valence-corrected chi connectivity index (χ1v) is 9.40. The molecule has 6 heteroatoms. The summed E-state index contributed by atoms with van der Waals surface area (Å²) in [5.41, 5.74) is 1.63. The largest absolute Gasteiger partial charge is 0.455 e. The molecule has 25 heavy (non-hydrogen) atoms. The van der Waals surface area contributed by atoms with Crippen molar-refractivity contribution in [3.8, 4) is 0 Å². The number of hydrogen-bond donors (Lipinski definition) is 0. The van der Waals surface area contributed by atoms with E-state index in [4.69, 9.17) is 9.47 Å². The Bertz CT molecular complexity index is 805. The second-order valence-electron chi connectivity index (χ2n) is 8.24. The number of halogens is 1. The Morgan fingerprint density at radius 2 is 2.16 bits per heavy atom. The smallest absolute Gasteiger partial charge is 0.360 e. The van der Waals surface area contributed by atoms with Crippen LogP contribution in [0.25, 0.3) is 5.65 Å². The van der Waals surface area contributed by atoms with Crippen LogP contribution < -0.4 is 0 Å². The normalized spacial score (nSPS) is 20.6. The van der Waals surface area contributed by atoms with Crippen LogP contribution in [0, 0.1) is 0 Å². The number of esters is 1. The molecule has 0 aromatic carbocycles. The molecule has 1 fully saturated rings. The van der Waals surface area contributed by atoms with E-state index in [1.807, 2.05) is 31.4 Å². The molecule has 1 atom stereocenters. The van der Waals surface area contributed by atoms with Gasteiger partial charge in [-0.15, -0.1) is 0 Å². The van der Waals surface area contributed by atoms with E-state index in [-0.39, 0.29) is 5.60 Å². The Labute approximate surface area is 156 Å². The van der Waals surface area contributed by atoms with Crippen molar-refractivity contribution in [2.24, 2.45) is 0 Å². The molecule has 1 unspecified atom stereocenters. The van der Waals surface area contributed by atoms with Gasteiger partial charge in [-0.3, -0.25) is 4.40 Å². The van der Waals surface area contributed by atoms with Crippen molar-refractivity contribution in [2.75, 3.05) is 6.61 Å². The molecule has 0 amide bonds. The highest BCUT2D eigenvalue weighted by molar-refractivity contribution is 9.10. The van der Waals surface area contributed by atoms with Crippen molar-refractivity contribution in [3.63, 3.8) is 0 Å². The van der Waals surface area contributed by atoms with E-state index in [1.54, 1.807) is 0 Å². The fourth-order valence-electron chi connectivity index (χ4n) is 3.26. The van der Waals surface area contributed by atoms with Crippen LogP contribution in [0.1, 0.15) is 69.4 Å². The molecule has 0 radical (unpaired) electrons. The van der Waals surface area contributed by atoms with Gasteiger partial charge in [-0.2, -0.15) is 0 Å². The lowest BCUT2D eigenvalue weighted by atomic mass is 9.84. The minimum Gasteiger partial charge on any atom is -0.455 e. The van der Waals surface area contributed by atoms with Crippen molar-refractivity contribution >= 4 is 27.5 Å². The zero-order valence-electron chi connectivity index (χ0n) is 15.4. The summed E-state index contributed by atoms with van der Waals surface area (Å²) in [4.78, 5) is 16.9. The first-order valence-electron chi connectivity index (χ1n) is 8.60. The van der Waals surface area contributed by atoms with Gasteiger partial charge in [0.1, 0.15) is 15.9 Å².